The van der Waals surface area contributed by atoms with E-state index < -0.39 is 0 Å². The second-order valence-corrected chi connectivity index (χ2v) is 28.3. The van der Waals surface area contributed by atoms with E-state index in [0.29, 0.717) is 0 Å². The number of rotatable bonds is 20. The van der Waals surface area contributed by atoms with Gasteiger partial charge >= 0.3 is 0 Å². The maximum atomic E-state index is 4.69. The van der Waals surface area contributed by atoms with Gasteiger partial charge in [-0.2, -0.15) is 0 Å². The fourth-order valence-electron chi connectivity index (χ4n) is 12.1. The summed E-state index contributed by atoms with van der Waals surface area (Å²) in [5.74, 6) is 0. The minimum atomic E-state index is 0.886. The molecule has 120 heavy (non-hydrogen) atoms. The molecule has 8 N–H and O–H groups in total. The Morgan fingerprint density at radius 1 is 0.150 bits per heavy atom. The third-order valence-electron chi connectivity index (χ3n) is 18.9. The number of nitrogens with zero attached hydrogens (tertiary/aromatic N) is 8. The quantitative estimate of drug-likeness (QED) is 0.0345. The largest absolute Gasteiger partial charge is 0.388 e. The number of benzene rings is 12. The van der Waals surface area contributed by atoms with Crippen LogP contribution in [-0.2, 0) is 0 Å². The van der Waals surface area contributed by atoms with Gasteiger partial charge in [0.25, 0.3) is 0 Å². The van der Waals surface area contributed by atoms with Crippen molar-refractivity contribution in [3.63, 3.8) is 0 Å². The van der Waals surface area contributed by atoms with Crippen molar-refractivity contribution in [2.75, 3.05) is 70.7 Å². The molecule has 12 aromatic rings. The maximum Gasteiger partial charge on any atom is 0.0638 e. The molecule has 0 atom stereocenters. The van der Waals surface area contributed by atoms with E-state index in [-0.39, 0.29) is 0 Å². The normalized spacial score (nSPS) is 12.6. The molecule has 0 aromatic heterocycles. The minimum absolute atomic E-state index is 0.886. The van der Waals surface area contributed by atoms with Gasteiger partial charge in [-0.25, -0.2) is 34.9 Å². The van der Waals surface area contributed by atoms with Crippen molar-refractivity contribution < 1.29 is 0 Å². The van der Waals surface area contributed by atoms with Crippen molar-refractivity contribution in [3.8, 4) is 0 Å². The lowest BCUT2D eigenvalue weighted by atomic mass is 10.1. The van der Waals surface area contributed by atoms with E-state index in [0.717, 1.165) is 159 Å². The molecule has 0 amide bonds. The lowest BCUT2D eigenvalue weighted by Crippen LogP contribution is -1.99. The SMILES string of the molecule is CN=C1C=CC(=Nc2ccc(N=C3C=CC(=Nc4ccc(C)cc4)C=C3)cc2)C=C1.CNc1ccc(Nc2ccc(N=C3C=CC(=Nc4ccc(C)cc4)C=C3)cc2)cc1.CNc1ccc(Nc2ccc(N=C3C=CC(=Nc4ccc(C)cc4)C=C3)cc2)cc1.CNc1ccc(Nc2ccc(Nc3ccc(Nc4ccc(C)cc4)cc3)cc2)cc1. The van der Waals surface area contributed by atoms with Crippen LogP contribution in [-0.4, -0.2) is 73.9 Å². The fraction of sp³-hybridized carbons (Fsp3) is 0.0769. The number of hydrogen-bond donors (Lipinski definition) is 8. The van der Waals surface area contributed by atoms with Crippen molar-refractivity contribution in [1.82, 2.24) is 0 Å². The Morgan fingerprint density at radius 3 is 0.425 bits per heavy atom. The lowest BCUT2D eigenvalue weighted by Gasteiger charge is -2.11. The van der Waals surface area contributed by atoms with Gasteiger partial charge in [-0.05, 0) is 368 Å². The summed E-state index contributed by atoms with van der Waals surface area (Å²) < 4.78 is 0. The molecule has 0 saturated carbocycles. The third kappa shape index (κ3) is 26.2. The molecule has 0 saturated heterocycles. The van der Waals surface area contributed by atoms with E-state index >= 15 is 0 Å². The van der Waals surface area contributed by atoms with E-state index in [2.05, 4.69) is 234 Å². The van der Waals surface area contributed by atoms with Gasteiger partial charge in [0.2, 0.25) is 0 Å². The molecule has 4 aliphatic carbocycles. The topological polar surface area (TPSA) is 195 Å². The molecule has 12 aromatic carbocycles. The Hall–Kier alpha value is -15.7. The minimum Gasteiger partial charge on any atom is -0.388 e. The molecule has 0 heterocycles. The van der Waals surface area contributed by atoms with E-state index in [9.17, 15) is 0 Å². The smallest absolute Gasteiger partial charge is 0.0638 e. The lowest BCUT2D eigenvalue weighted by molar-refractivity contribution is 1.43. The molecular formula is C104H96N16. The molecular weight excluding hydrogens is 1470 g/mol. The average molecular weight is 1570 g/mol. The number of aliphatic imine (C=N–C) groups is 8. The first-order valence-corrected chi connectivity index (χ1v) is 39.7. The molecule has 0 fully saturated rings. The summed E-state index contributed by atoms with van der Waals surface area (Å²) in [5, 5.41) is 26.4. The maximum absolute atomic E-state index is 4.69. The molecule has 16 heteroatoms. The van der Waals surface area contributed by atoms with Gasteiger partial charge in [0, 0.05) is 102 Å². The van der Waals surface area contributed by atoms with Gasteiger partial charge in [-0.15, -0.1) is 0 Å². The van der Waals surface area contributed by atoms with Crippen LogP contribution in [0.3, 0.4) is 0 Å². The van der Waals surface area contributed by atoms with Crippen molar-refractivity contribution in [2.24, 2.45) is 39.9 Å². The van der Waals surface area contributed by atoms with Crippen LogP contribution < -0.4 is 42.5 Å². The average Bonchev–Trinajstić information content (AvgIpc) is 0.897. The number of anilines is 13. The standard InChI is InChI=1S/C26H26N4.2C26H24N4.C26H22N4/c4*1-19-3-5-21(6-4-19)28-23-11-13-25(14-12-23)30-26-17-15-24(16-18-26)29-22-9-7-20(27-2)8-10-22/h3-18,27-30H,1-2H3;2*3-18,27,29H,1-2H3;3-18H,1-2H3. The number of hydrogen-bond acceptors (Lipinski definition) is 16. The van der Waals surface area contributed by atoms with Gasteiger partial charge in [-0.3, -0.25) is 4.99 Å². The predicted molar refractivity (Wildman–Crippen MR) is 517 cm³/mol. The Labute approximate surface area is 704 Å². The van der Waals surface area contributed by atoms with Crippen LogP contribution in [0.4, 0.5) is 114 Å². The molecule has 0 unspecified atom stereocenters. The van der Waals surface area contributed by atoms with E-state index in [1.54, 1.807) is 7.05 Å². The van der Waals surface area contributed by atoms with Crippen LogP contribution in [0.15, 0.2) is 428 Å². The Bertz CT molecular complexity index is 5700. The van der Waals surface area contributed by atoms with Gasteiger partial charge < -0.3 is 42.5 Å². The van der Waals surface area contributed by atoms with Gasteiger partial charge in [-0.1, -0.05) is 70.8 Å². The molecule has 0 aliphatic heterocycles. The van der Waals surface area contributed by atoms with Gasteiger partial charge in [0.15, 0.2) is 0 Å². The van der Waals surface area contributed by atoms with Crippen LogP contribution >= 0.6 is 0 Å². The highest BCUT2D eigenvalue weighted by Gasteiger charge is 2.09. The second-order valence-electron chi connectivity index (χ2n) is 28.3. The first-order valence-electron chi connectivity index (χ1n) is 39.7. The highest BCUT2D eigenvalue weighted by atomic mass is 14.9. The first kappa shape index (κ1) is 82.3. The van der Waals surface area contributed by atoms with E-state index in [4.69, 9.17) is 9.98 Å². The fourth-order valence-corrected chi connectivity index (χ4v) is 12.1. The Balaban J connectivity index is 0.000000138. The zero-order chi connectivity index (χ0) is 83.0. The molecule has 0 bridgehead atoms. The summed E-state index contributed by atoms with van der Waals surface area (Å²) >= 11 is 0. The van der Waals surface area contributed by atoms with Crippen molar-refractivity contribution in [3.05, 3.63) is 411 Å². The third-order valence-corrected chi connectivity index (χ3v) is 18.9. The summed E-state index contributed by atoms with van der Waals surface area (Å²) in [7, 11) is 7.52. The van der Waals surface area contributed by atoms with Crippen molar-refractivity contribution >= 4 is 159 Å². The van der Waals surface area contributed by atoms with Crippen molar-refractivity contribution in [1.29, 1.82) is 0 Å². The zero-order valence-electron chi connectivity index (χ0n) is 68.5. The van der Waals surface area contributed by atoms with Crippen LogP contribution in [0.25, 0.3) is 0 Å². The predicted octanol–water partition coefficient (Wildman–Crippen LogP) is 27.0. The second kappa shape index (κ2) is 42.1. The van der Waals surface area contributed by atoms with Crippen molar-refractivity contribution in [2.45, 2.75) is 27.7 Å². The highest BCUT2D eigenvalue weighted by molar-refractivity contribution is 6.22. The number of allylic oxidation sites excluding steroid dienone is 16. The summed E-state index contributed by atoms with van der Waals surface area (Å²) in [6.07, 6.45) is 31.7. The van der Waals surface area contributed by atoms with Gasteiger partial charge in [0.05, 0.1) is 85.5 Å². The number of aryl methyl sites for hydroxylation is 4. The van der Waals surface area contributed by atoms with E-state index in [1.807, 2.05) is 276 Å². The summed E-state index contributed by atoms with van der Waals surface area (Å²) in [4.78, 5) is 36.7. The summed E-state index contributed by atoms with van der Waals surface area (Å²) in [5.41, 5.74) is 32.5. The van der Waals surface area contributed by atoms with Crippen LogP contribution in [0.1, 0.15) is 22.3 Å². The van der Waals surface area contributed by atoms with E-state index in [1.165, 1.54) is 22.3 Å². The van der Waals surface area contributed by atoms with Crippen LogP contribution in [0.2, 0.25) is 0 Å². The molecule has 4 aliphatic rings. The Kier molecular flexibility index (Phi) is 28.9. The first-order chi connectivity index (χ1) is 58.7. The highest BCUT2D eigenvalue weighted by Crippen LogP contribution is 2.30. The molecule has 16 nitrogen and oxygen atoms in total. The molecule has 16 rings (SSSR count). The monoisotopic (exact) mass is 1570 g/mol. The zero-order valence-corrected chi connectivity index (χ0v) is 68.5. The summed E-state index contributed by atoms with van der Waals surface area (Å²) in [6, 6.07) is 98.2. The van der Waals surface area contributed by atoms with Gasteiger partial charge in [0.1, 0.15) is 0 Å². The van der Waals surface area contributed by atoms with Crippen LogP contribution in [0, 0.1) is 27.7 Å². The number of nitrogens with one attached hydrogen (secondary N) is 8. The summed E-state index contributed by atoms with van der Waals surface area (Å²) in [6.45, 7) is 8.31. The Morgan fingerprint density at radius 2 is 0.267 bits per heavy atom. The van der Waals surface area contributed by atoms with Crippen LogP contribution in [0.5, 0.6) is 0 Å². The molecule has 0 spiro atoms. The molecule has 0 radical (unpaired) electrons. The molecule has 592 valence electrons.